The minimum absolute atomic E-state index is 0.359. The van der Waals surface area contributed by atoms with Crippen molar-refractivity contribution in [2.24, 2.45) is 0 Å². The highest BCUT2D eigenvalue weighted by molar-refractivity contribution is 5.84. The number of para-hydroxylation sites is 1. The van der Waals surface area contributed by atoms with E-state index < -0.39 is 0 Å². The summed E-state index contributed by atoms with van der Waals surface area (Å²) in [5, 5.41) is 3.26. The zero-order chi connectivity index (χ0) is 15.0. The van der Waals surface area contributed by atoms with Crippen LogP contribution in [0.3, 0.4) is 0 Å². The Hall–Kier alpha value is -2.29. The molecular formula is C18H21N3. The van der Waals surface area contributed by atoms with Crippen molar-refractivity contribution in [1.82, 2.24) is 9.55 Å². The standard InChI is InChI=1S/C18H21N3/c1-12(2)21-17-10-9-13(3)11-16(17)20-18(21)14-7-5-6-8-15(14)19-4/h5-12,19H,1-4H3. The molecule has 0 fully saturated rings. The van der Waals surface area contributed by atoms with Crippen LogP contribution in [0.25, 0.3) is 22.4 Å². The van der Waals surface area contributed by atoms with E-state index in [1.165, 1.54) is 11.1 Å². The Morgan fingerprint density at radius 3 is 2.57 bits per heavy atom. The number of nitrogens with one attached hydrogen (secondary N) is 1. The maximum absolute atomic E-state index is 4.90. The van der Waals surface area contributed by atoms with E-state index in [-0.39, 0.29) is 0 Å². The van der Waals surface area contributed by atoms with Gasteiger partial charge in [-0.1, -0.05) is 18.2 Å². The number of aromatic nitrogens is 2. The van der Waals surface area contributed by atoms with Gasteiger partial charge in [0.2, 0.25) is 0 Å². The largest absolute Gasteiger partial charge is 0.388 e. The molecule has 0 aliphatic rings. The number of anilines is 1. The van der Waals surface area contributed by atoms with Gasteiger partial charge in [-0.3, -0.25) is 0 Å². The van der Waals surface area contributed by atoms with Gasteiger partial charge in [-0.05, 0) is 50.6 Å². The number of nitrogens with zero attached hydrogens (tertiary/aromatic N) is 2. The minimum atomic E-state index is 0.359. The molecule has 3 rings (SSSR count). The number of hydrogen-bond acceptors (Lipinski definition) is 2. The molecule has 3 aromatic rings. The normalized spacial score (nSPS) is 11.3. The summed E-state index contributed by atoms with van der Waals surface area (Å²) in [4.78, 5) is 4.90. The third-order valence-corrected chi connectivity index (χ3v) is 3.80. The smallest absolute Gasteiger partial charge is 0.143 e. The first kappa shape index (κ1) is 13.7. The Balaban J connectivity index is 2.33. The van der Waals surface area contributed by atoms with Gasteiger partial charge in [0, 0.05) is 24.3 Å². The number of aryl methyl sites for hydroxylation is 1. The van der Waals surface area contributed by atoms with E-state index >= 15 is 0 Å². The first-order valence-corrected chi connectivity index (χ1v) is 7.37. The average molecular weight is 279 g/mol. The lowest BCUT2D eigenvalue weighted by Gasteiger charge is -2.15. The highest BCUT2D eigenvalue weighted by Crippen LogP contribution is 2.32. The predicted molar refractivity (Wildman–Crippen MR) is 89.8 cm³/mol. The number of benzene rings is 2. The molecule has 1 N–H and O–H groups in total. The predicted octanol–water partition coefficient (Wildman–Crippen LogP) is 4.63. The zero-order valence-electron chi connectivity index (χ0n) is 13.0. The van der Waals surface area contributed by atoms with Crippen LogP contribution >= 0.6 is 0 Å². The van der Waals surface area contributed by atoms with Gasteiger partial charge in [0.15, 0.2) is 0 Å². The zero-order valence-corrected chi connectivity index (χ0v) is 13.0. The Morgan fingerprint density at radius 1 is 1.10 bits per heavy atom. The summed E-state index contributed by atoms with van der Waals surface area (Å²) >= 11 is 0. The van der Waals surface area contributed by atoms with Crippen molar-refractivity contribution >= 4 is 16.7 Å². The molecule has 2 aromatic carbocycles. The van der Waals surface area contributed by atoms with Gasteiger partial charge in [-0.15, -0.1) is 0 Å². The summed E-state index contributed by atoms with van der Waals surface area (Å²) in [6.45, 7) is 6.51. The van der Waals surface area contributed by atoms with E-state index in [2.05, 4.69) is 67.1 Å². The molecule has 0 spiro atoms. The topological polar surface area (TPSA) is 29.9 Å². The van der Waals surface area contributed by atoms with Crippen LogP contribution in [-0.4, -0.2) is 16.6 Å². The molecule has 0 atom stereocenters. The quantitative estimate of drug-likeness (QED) is 0.757. The van der Waals surface area contributed by atoms with Crippen LogP contribution in [0.1, 0.15) is 25.5 Å². The maximum atomic E-state index is 4.90. The van der Waals surface area contributed by atoms with Gasteiger partial charge in [0.25, 0.3) is 0 Å². The van der Waals surface area contributed by atoms with E-state index in [1.807, 2.05) is 13.1 Å². The van der Waals surface area contributed by atoms with Crippen LogP contribution in [0.2, 0.25) is 0 Å². The summed E-state index contributed by atoms with van der Waals surface area (Å²) in [7, 11) is 1.95. The van der Waals surface area contributed by atoms with Gasteiger partial charge in [0.05, 0.1) is 11.0 Å². The van der Waals surface area contributed by atoms with Gasteiger partial charge >= 0.3 is 0 Å². The molecule has 0 saturated carbocycles. The molecule has 108 valence electrons. The lowest BCUT2D eigenvalue weighted by molar-refractivity contribution is 0.624. The van der Waals surface area contributed by atoms with Crippen molar-refractivity contribution in [3.63, 3.8) is 0 Å². The number of hydrogen-bond donors (Lipinski definition) is 1. The Bertz CT molecular complexity index is 784. The lowest BCUT2D eigenvalue weighted by atomic mass is 10.1. The molecule has 3 heteroatoms. The van der Waals surface area contributed by atoms with Crippen molar-refractivity contribution in [3.8, 4) is 11.4 Å². The molecule has 1 heterocycles. The van der Waals surface area contributed by atoms with Crippen LogP contribution in [-0.2, 0) is 0 Å². The second kappa shape index (κ2) is 5.24. The van der Waals surface area contributed by atoms with Gasteiger partial charge in [-0.2, -0.15) is 0 Å². The van der Waals surface area contributed by atoms with E-state index in [9.17, 15) is 0 Å². The number of rotatable bonds is 3. The van der Waals surface area contributed by atoms with Crippen molar-refractivity contribution in [1.29, 1.82) is 0 Å². The van der Waals surface area contributed by atoms with Gasteiger partial charge in [-0.25, -0.2) is 4.98 Å². The molecular weight excluding hydrogens is 258 g/mol. The fourth-order valence-corrected chi connectivity index (χ4v) is 2.82. The van der Waals surface area contributed by atoms with Crippen LogP contribution in [0.5, 0.6) is 0 Å². The molecule has 0 saturated heterocycles. The van der Waals surface area contributed by atoms with Crippen LogP contribution in [0, 0.1) is 6.92 Å². The first-order valence-electron chi connectivity index (χ1n) is 7.37. The highest BCUT2D eigenvalue weighted by atomic mass is 15.1. The third kappa shape index (κ3) is 2.29. The van der Waals surface area contributed by atoms with E-state index in [0.29, 0.717) is 6.04 Å². The van der Waals surface area contributed by atoms with Crippen molar-refractivity contribution < 1.29 is 0 Å². The average Bonchev–Trinajstić information content (AvgIpc) is 2.85. The molecule has 1 aromatic heterocycles. The van der Waals surface area contributed by atoms with E-state index in [1.54, 1.807) is 0 Å². The monoisotopic (exact) mass is 279 g/mol. The molecule has 3 nitrogen and oxygen atoms in total. The van der Waals surface area contributed by atoms with Crippen LogP contribution in [0.4, 0.5) is 5.69 Å². The minimum Gasteiger partial charge on any atom is -0.388 e. The lowest BCUT2D eigenvalue weighted by Crippen LogP contribution is -2.04. The summed E-state index contributed by atoms with van der Waals surface area (Å²) in [5.74, 6) is 1.02. The second-order valence-corrected chi connectivity index (χ2v) is 5.69. The Labute approximate surface area is 125 Å². The van der Waals surface area contributed by atoms with Crippen molar-refractivity contribution in [3.05, 3.63) is 48.0 Å². The number of imidazole rings is 1. The van der Waals surface area contributed by atoms with Gasteiger partial charge < -0.3 is 9.88 Å². The molecule has 0 aliphatic heterocycles. The fraction of sp³-hybridized carbons (Fsp3) is 0.278. The van der Waals surface area contributed by atoms with Crippen LogP contribution < -0.4 is 5.32 Å². The summed E-state index contributed by atoms with van der Waals surface area (Å²) in [6, 6.07) is 15.1. The summed E-state index contributed by atoms with van der Waals surface area (Å²) in [5.41, 5.74) is 5.74. The maximum Gasteiger partial charge on any atom is 0.143 e. The fourth-order valence-electron chi connectivity index (χ4n) is 2.82. The summed E-state index contributed by atoms with van der Waals surface area (Å²) in [6.07, 6.45) is 0. The van der Waals surface area contributed by atoms with Gasteiger partial charge in [0.1, 0.15) is 5.82 Å². The second-order valence-electron chi connectivity index (χ2n) is 5.69. The number of fused-ring (bicyclic) bond motifs is 1. The van der Waals surface area contributed by atoms with E-state index in [0.717, 1.165) is 22.6 Å². The molecule has 0 radical (unpaired) electrons. The Kier molecular flexibility index (Phi) is 3.42. The highest BCUT2D eigenvalue weighted by Gasteiger charge is 2.16. The molecule has 0 unspecified atom stereocenters. The Morgan fingerprint density at radius 2 is 1.86 bits per heavy atom. The SMILES string of the molecule is CNc1ccccc1-c1nc2cc(C)ccc2n1C(C)C. The molecule has 0 amide bonds. The molecule has 0 bridgehead atoms. The van der Waals surface area contributed by atoms with Crippen LogP contribution in [0.15, 0.2) is 42.5 Å². The molecule has 21 heavy (non-hydrogen) atoms. The first-order chi connectivity index (χ1) is 10.1. The van der Waals surface area contributed by atoms with Crippen molar-refractivity contribution in [2.75, 3.05) is 12.4 Å². The third-order valence-electron chi connectivity index (χ3n) is 3.80. The van der Waals surface area contributed by atoms with Crippen molar-refractivity contribution in [2.45, 2.75) is 26.8 Å². The molecule has 0 aliphatic carbocycles. The van der Waals surface area contributed by atoms with E-state index in [4.69, 9.17) is 4.98 Å². The summed E-state index contributed by atoms with van der Waals surface area (Å²) < 4.78 is 2.31.